The molecular formula is C16H26N2S. The average molecular weight is 278 g/mol. The monoisotopic (exact) mass is 278 g/mol. The topological polar surface area (TPSA) is 15.3 Å². The van der Waals surface area contributed by atoms with Crippen molar-refractivity contribution in [3.8, 4) is 0 Å². The van der Waals surface area contributed by atoms with E-state index in [1.54, 1.807) is 0 Å². The number of hydrogen-bond acceptors (Lipinski definition) is 3. The molecule has 1 aliphatic carbocycles. The average Bonchev–Trinajstić information content (AvgIpc) is 3.17. The first-order valence-electron chi connectivity index (χ1n) is 7.77. The third kappa shape index (κ3) is 3.21. The van der Waals surface area contributed by atoms with Crippen LogP contribution in [0.4, 0.5) is 0 Å². The van der Waals surface area contributed by atoms with Crippen molar-refractivity contribution in [2.45, 2.75) is 51.7 Å². The van der Waals surface area contributed by atoms with Crippen LogP contribution in [-0.4, -0.2) is 30.1 Å². The number of piperazine rings is 1. The number of nitrogens with one attached hydrogen (secondary N) is 1. The molecule has 1 N–H and O–H groups in total. The second-order valence-corrected chi connectivity index (χ2v) is 7.35. The van der Waals surface area contributed by atoms with Crippen molar-refractivity contribution in [1.29, 1.82) is 0 Å². The molecule has 1 saturated heterocycles. The predicted molar refractivity (Wildman–Crippen MR) is 82.5 cm³/mol. The van der Waals surface area contributed by atoms with Crippen LogP contribution in [0.2, 0.25) is 0 Å². The van der Waals surface area contributed by atoms with Crippen LogP contribution in [0.15, 0.2) is 17.5 Å². The van der Waals surface area contributed by atoms with Gasteiger partial charge in [-0.2, -0.15) is 0 Å². The van der Waals surface area contributed by atoms with E-state index in [-0.39, 0.29) is 0 Å². The molecule has 2 fully saturated rings. The van der Waals surface area contributed by atoms with Crippen molar-refractivity contribution >= 4 is 11.3 Å². The lowest BCUT2D eigenvalue weighted by Gasteiger charge is -2.43. The molecule has 0 spiro atoms. The molecule has 2 heterocycles. The number of nitrogens with zero attached hydrogens (tertiary/aromatic N) is 1. The molecule has 1 aromatic heterocycles. The Labute approximate surface area is 121 Å². The van der Waals surface area contributed by atoms with Crippen LogP contribution in [-0.2, 0) is 6.54 Å². The lowest BCUT2D eigenvalue weighted by atomic mass is 9.93. The Morgan fingerprint density at radius 2 is 2.32 bits per heavy atom. The summed E-state index contributed by atoms with van der Waals surface area (Å²) in [6.07, 6.45) is 4.17. The van der Waals surface area contributed by atoms with Crippen molar-refractivity contribution in [1.82, 2.24) is 10.2 Å². The van der Waals surface area contributed by atoms with Gasteiger partial charge in [-0.3, -0.25) is 4.90 Å². The molecule has 3 unspecified atom stereocenters. The van der Waals surface area contributed by atoms with Gasteiger partial charge >= 0.3 is 0 Å². The fourth-order valence-corrected chi connectivity index (χ4v) is 4.02. The second kappa shape index (κ2) is 5.94. The van der Waals surface area contributed by atoms with Gasteiger partial charge in [-0.15, -0.1) is 11.3 Å². The Morgan fingerprint density at radius 1 is 1.47 bits per heavy atom. The summed E-state index contributed by atoms with van der Waals surface area (Å²) < 4.78 is 0. The van der Waals surface area contributed by atoms with E-state index in [4.69, 9.17) is 0 Å². The van der Waals surface area contributed by atoms with E-state index in [1.165, 1.54) is 37.2 Å². The maximum atomic E-state index is 3.82. The van der Waals surface area contributed by atoms with Crippen LogP contribution in [0.25, 0.3) is 0 Å². The normalized spacial score (nSPS) is 30.4. The van der Waals surface area contributed by atoms with Crippen LogP contribution in [0.5, 0.6) is 0 Å². The molecule has 0 radical (unpaired) electrons. The molecule has 0 bridgehead atoms. The molecule has 1 aromatic rings. The van der Waals surface area contributed by atoms with Gasteiger partial charge in [-0.1, -0.05) is 26.3 Å². The van der Waals surface area contributed by atoms with Crippen molar-refractivity contribution in [3.05, 3.63) is 22.4 Å². The molecule has 3 rings (SSSR count). The Hall–Kier alpha value is -0.380. The third-order valence-corrected chi connectivity index (χ3v) is 5.78. The number of hydrogen-bond donors (Lipinski definition) is 1. The first kappa shape index (κ1) is 13.6. The maximum absolute atomic E-state index is 3.82. The fourth-order valence-electron chi connectivity index (χ4n) is 3.29. The second-order valence-electron chi connectivity index (χ2n) is 6.31. The lowest BCUT2D eigenvalue weighted by molar-refractivity contribution is 0.0796. The standard InChI is InChI=1S/C16H26N2S/c1-3-12(2)16-9-17-15(13-6-7-13)11-18(16)10-14-5-4-8-19-14/h4-5,8,12-13,15-17H,3,6-7,9-11H2,1-2H3. The lowest BCUT2D eigenvalue weighted by Crippen LogP contribution is -2.58. The summed E-state index contributed by atoms with van der Waals surface area (Å²) in [5.74, 6) is 1.75. The Morgan fingerprint density at radius 3 is 2.95 bits per heavy atom. The fraction of sp³-hybridized carbons (Fsp3) is 0.750. The maximum Gasteiger partial charge on any atom is 0.0332 e. The summed E-state index contributed by atoms with van der Waals surface area (Å²) in [5, 5.41) is 6.02. The molecule has 3 atom stereocenters. The Balaban J connectivity index is 1.68. The van der Waals surface area contributed by atoms with Gasteiger partial charge in [-0.25, -0.2) is 0 Å². The Kier molecular flexibility index (Phi) is 4.25. The summed E-state index contributed by atoms with van der Waals surface area (Å²) >= 11 is 1.90. The molecule has 1 saturated carbocycles. The summed E-state index contributed by atoms with van der Waals surface area (Å²) in [7, 11) is 0. The van der Waals surface area contributed by atoms with E-state index in [1.807, 2.05) is 11.3 Å². The van der Waals surface area contributed by atoms with Crippen molar-refractivity contribution in [2.24, 2.45) is 11.8 Å². The molecule has 3 heteroatoms. The van der Waals surface area contributed by atoms with Gasteiger partial charge in [0.15, 0.2) is 0 Å². The van der Waals surface area contributed by atoms with E-state index < -0.39 is 0 Å². The van der Waals surface area contributed by atoms with E-state index in [0.717, 1.165) is 24.4 Å². The zero-order chi connectivity index (χ0) is 13.2. The van der Waals surface area contributed by atoms with Crippen LogP contribution >= 0.6 is 11.3 Å². The molecule has 2 aliphatic rings. The third-order valence-electron chi connectivity index (χ3n) is 4.92. The van der Waals surface area contributed by atoms with Gasteiger partial charge in [0.2, 0.25) is 0 Å². The quantitative estimate of drug-likeness (QED) is 0.888. The highest BCUT2D eigenvalue weighted by Gasteiger charge is 2.38. The van der Waals surface area contributed by atoms with Gasteiger partial charge in [0, 0.05) is 36.6 Å². The van der Waals surface area contributed by atoms with Crippen molar-refractivity contribution in [2.75, 3.05) is 13.1 Å². The number of rotatable bonds is 5. The molecule has 2 nitrogen and oxygen atoms in total. The van der Waals surface area contributed by atoms with Crippen LogP contribution in [0.3, 0.4) is 0 Å². The van der Waals surface area contributed by atoms with Gasteiger partial charge in [0.05, 0.1) is 0 Å². The largest absolute Gasteiger partial charge is 0.311 e. The summed E-state index contributed by atoms with van der Waals surface area (Å²) in [5.41, 5.74) is 0. The van der Waals surface area contributed by atoms with Crippen molar-refractivity contribution in [3.63, 3.8) is 0 Å². The molecular weight excluding hydrogens is 252 g/mol. The van der Waals surface area contributed by atoms with E-state index in [9.17, 15) is 0 Å². The van der Waals surface area contributed by atoms with E-state index in [2.05, 4.69) is 41.6 Å². The first-order chi connectivity index (χ1) is 9.28. The molecule has 19 heavy (non-hydrogen) atoms. The highest BCUT2D eigenvalue weighted by molar-refractivity contribution is 7.09. The summed E-state index contributed by atoms with van der Waals surface area (Å²) in [4.78, 5) is 4.27. The number of thiophene rings is 1. The van der Waals surface area contributed by atoms with E-state index >= 15 is 0 Å². The predicted octanol–water partition coefficient (Wildman–Crippen LogP) is 3.35. The zero-order valence-electron chi connectivity index (χ0n) is 12.1. The highest BCUT2D eigenvalue weighted by atomic mass is 32.1. The van der Waals surface area contributed by atoms with Crippen LogP contribution < -0.4 is 5.32 Å². The minimum Gasteiger partial charge on any atom is -0.311 e. The molecule has 0 aromatic carbocycles. The van der Waals surface area contributed by atoms with E-state index in [0.29, 0.717) is 6.04 Å². The SMILES string of the molecule is CCC(C)C1CNC(C2CC2)CN1Cc1cccs1. The molecule has 1 aliphatic heterocycles. The van der Waals surface area contributed by atoms with Gasteiger partial charge < -0.3 is 5.32 Å². The van der Waals surface area contributed by atoms with Gasteiger partial charge in [0.1, 0.15) is 0 Å². The zero-order valence-corrected chi connectivity index (χ0v) is 13.0. The summed E-state index contributed by atoms with van der Waals surface area (Å²) in [6, 6.07) is 5.92. The first-order valence-corrected chi connectivity index (χ1v) is 8.65. The van der Waals surface area contributed by atoms with Crippen molar-refractivity contribution < 1.29 is 0 Å². The minimum atomic E-state index is 0.710. The molecule has 106 valence electrons. The Bertz CT molecular complexity index is 385. The smallest absolute Gasteiger partial charge is 0.0332 e. The summed E-state index contributed by atoms with van der Waals surface area (Å²) in [6.45, 7) is 8.31. The van der Waals surface area contributed by atoms with Crippen LogP contribution in [0, 0.1) is 11.8 Å². The van der Waals surface area contributed by atoms with Gasteiger partial charge in [-0.05, 0) is 36.1 Å². The minimum absolute atomic E-state index is 0.710. The van der Waals surface area contributed by atoms with Crippen LogP contribution in [0.1, 0.15) is 38.0 Å². The highest BCUT2D eigenvalue weighted by Crippen LogP contribution is 2.35. The molecule has 0 amide bonds. The van der Waals surface area contributed by atoms with Gasteiger partial charge in [0.25, 0.3) is 0 Å².